The zero-order valence-corrected chi connectivity index (χ0v) is 13.8. The van der Waals surface area contributed by atoms with Crippen molar-refractivity contribution in [2.45, 2.75) is 33.1 Å². The number of allylic oxidation sites excluding steroid dienone is 4. The van der Waals surface area contributed by atoms with E-state index in [1.165, 1.54) is 0 Å². The number of terminal acetylenes is 1. The number of fused-ring (bicyclic) bond motifs is 1. The van der Waals surface area contributed by atoms with Crippen LogP contribution in [-0.2, 0) is 16.0 Å². The van der Waals surface area contributed by atoms with Crippen LogP contribution in [0, 0.1) is 12.3 Å². The minimum Gasteiger partial charge on any atom is -0.315 e. The standard InChI is InChI=1S/C20H18N2O2/c1-4-15-8-14(12(3)21-15)9-18-17-11-16(22-20(24)5-2)7-6-13(17)10-19(18)23/h2,6-7,9,11H,4,8,10H2,1,3H3,(H,22,24)/b18-9-. The molecule has 1 aromatic carbocycles. The van der Waals surface area contributed by atoms with Crippen LogP contribution in [0.4, 0.5) is 5.69 Å². The molecule has 1 amide bonds. The van der Waals surface area contributed by atoms with Gasteiger partial charge < -0.3 is 5.32 Å². The first-order valence-corrected chi connectivity index (χ1v) is 7.93. The Morgan fingerprint density at radius 3 is 2.88 bits per heavy atom. The van der Waals surface area contributed by atoms with Crippen molar-refractivity contribution in [3.63, 3.8) is 0 Å². The van der Waals surface area contributed by atoms with Gasteiger partial charge in [-0.1, -0.05) is 13.0 Å². The molecule has 0 radical (unpaired) electrons. The molecule has 120 valence electrons. The van der Waals surface area contributed by atoms with Gasteiger partial charge in [0.05, 0.1) is 0 Å². The quantitative estimate of drug-likeness (QED) is 0.687. The van der Waals surface area contributed by atoms with Gasteiger partial charge in [0.25, 0.3) is 5.91 Å². The first kappa shape index (κ1) is 15.9. The van der Waals surface area contributed by atoms with Gasteiger partial charge in [0.2, 0.25) is 0 Å². The van der Waals surface area contributed by atoms with Crippen molar-refractivity contribution in [2.75, 3.05) is 5.32 Å². The minimum absolute atomic E-state index is 0.0932. The van der Waals surface area contributed by atoms with Crippen LogP contribution in [0.1, 0.15) is 37.8 Å². The van der Waals surface area contributed by atoms with Gasteiger partial charge >= 0.3 is 0 Å². The maximum Gasteiger partial charge on any atom is 0.300 e. The Kier molecular flexibility index (Phi) is 4.18. The summed E-state index contributed by atoms with van der Waals surface area (Å²) in [5, 5.41) is 2.63. The van der Waals surface area contributed by atoms with Crippen LogP contribution in [0.3, 0.4) is 0 Å². The van der Waals surface area contributed by atoms with Gasteiger partial charge in [-0.15, -0.1) is 6.42 Å². The number of aliphatic imine (C=N–C) groups is 1. The van der Waals surface area contributed by atoms with Crippen LogP contribution in [0.2, 0.25) is 0 Å². The van der Waals surface area contributed by atoms with Crippen molar-refractivity contribution >= 4 is 28.7 Å². The number of anilines is 1. The second-order valence-corrected chi connectivity index (χ2v) is 5.95. The highest BCUT2D eigenvalue weighted by atomic mass is 16.1. The first-order chi connectivity index (χ1) is 11.5. The highest BCUT2D eigenvalue weighted by molar-refractivity contribution is 6.26. The van der Waals surface area contributed by atoms with E-state index in [1.54, 1.807) is 6.07 Å². The SMILES string of the molecule is C#CC(=O)Nc1ccc2c(c1)/C(=C/C1=C(C)N=C(CC)C1)C(=O)C2. The predicted octanol–water partition coefficient (Wildman–Crippen LogP) is 3.30. The summed E-state index contributed by atoms with van der Waals surface area (Å²) in [5.41, 5.74) is 6.31. The molecule has 0 bridgehead atoms. The van der Waals surface area contributed by atoms with Crippen molar-refractivity contribution in [1.82, 2.24) is 0 Å². The molecule has 0 fully saturated rings. The van der Waals surface area contributed by atoms with Crippen LogP contribution >= 0.6 is 0 Å². The van der Waals surface area contributed by atoms with E-state index in [-0.39, 0.29) is 5.78 Å². The van der Waals surface area contributed by atoms with Gasteiger partial charge in [0, 0.05) is 35.5 Å². The van der Waals surface area contributed by atoms with E-state index in [4.69, 9.17) is 6.42 Å². The summed E-state index contributed by atoms with van der Waals surface area (Å²) < 4.78 is 0. The number of hydrogen-bond donors (Lipinski definition) is 1. The van der Waals surface area contributed by atoms with E-state index in [0.29, 0.717) is 17.7 Å². The van der Waals surface area contributed by atoms with Crippen molar-refractivity contribution in [3.05, 3.63) is 46.7 Å². The van der Waals surface area contributed by atoms with Gasteiger partial charge in [-0.05, 0) is 54.2 Å². The number of rotatable bonds is 3. The van der Waals surface area contributed by atoms with E-state index in [0.717, 1.165) is 41.0 Å². The molecule has 0 atom stereocenters. The van der Waals surface area contributed by atoms with Crippen LogP contribution in [0.25, 0.3) is 5.57 Å². The lowest BCUT2D eigenvalue weighted by molar-refractivity contribution is -0.113. The summed E-state index contributed by atoms with van der Waals surface area (Å²) in [6.07, 6.45) is 9.13. The third-order valence-electron chi connectivity index (χ3n) is 4.35. The molecular formula is C20H18N2O2. The molecule has 4 heteroatoms. The molecule has 1 heterocycles. The molecule has 3 rings (SSSR count). The second kappa shape index (κ2) is 6.29. The maximum absolute atomic E-state index is 12.4. The molecule has 2 aliphatic rings. The Morgan fingerprint density at radius 2 is 2.21 bits per heavy atom. The van der Waals surface area contributed by atoms with Gasteiger partial charge in [-0.25, -0.2) is 0 Å². The number of benzene rings is 1. The summed E-state index contributed by atoms with van der Waals surface area (Å²) in [6.45, 7) is 4.05. The number of carbonyl (C=O) groups is 2. The number of hydrogen-bond acceptors (Lipinski definition) is 3. The molecule has 1 aromatic rings. The fourth-order valence-electron chi connectivity index (χ4n) is 3.03. The van der Waals surface area contributed by atoms with Crippen molar-refractivity contribution in [3.8, 4) is 12.3 Å². The Morgan fingerprint density at radius 1 is 1.42 bits per heavy atom. The van der Waals surface area contributed by atoms with Crippen LogP contribution < -0.4 is 5.32 Å². The highest BCUT2D eigenvalue weighted by Gasteiger charge is 2.26. The molecule has 1 aliphatic heterocycles. The van der Waals surface area contributed by atoms with Crippen molar-refractivity contribution < 1.29 is 9.59 Å². The maximum atomic E-state index is 12.4. The molecule has 0 saturated heterocycles. The number of carbonyl (C=O) groups excluding carboxylic acids is 2. The Labute approximate surface area is 141 Å². The van der Waals surface area contributed by atoms with Gasteiger partial charge in [-0.2, -0.15) is 0 Å². The third kappa shape index (κ3) is 2.93. The third-order valence-corrected chi connectivity index (χ3v) is 4.35. The van der Waals surface area contributed by atoms with Crippen molar-refractivity contribution in [1.29, 1.82) is 0 Å². The monoisotopic (exact) mass is 318 g/mol. The lowest BCUT2D eigenvalue weighted by atomic mass is 10.0. The smallest absolute Gasteiger partial charge is 0.300 e. The summed E-state index contributed by atoms with van der Waals surface area (Å²) in [7, 11) is 0. The van der Waals surface area contributed by atoms with E-state index in [9.17, 15) is 9.59 Å². The predicted molar refractivity (Wildman–Crippen MR) is 95.6 cm³/mol. The number of Topliss-reactive ketones (excluding diaryl/α,β-unsaturated/α-hetero) is 1. The molecule has 1 N–H and O–H groups in total. The molecule has 0 saturated carbocycles. The normalized spacial score (nSPS) is 17.8. The minimum atomic E-state index is -0.500. The van der Waals surface area contributed by atoms with Crippen LogP contribution in [0.15, 0.2) is 40.5 Å². The summed E-state index contributed by atoms with van der Waals surface area (Å²) in [4.78, 5) is 28.3. The molecule has 0 unspecified atom stereocenters. The van der Waals surface area contributed by atoms with Crippen LogP contribution in [0.5, 0.6) is 0 Å². The molecule has 1 aliphatic carbocycles. The first-order valence-electron chi connectivity index (χ1n) is 7.93. The summed E-state index contributed by atoms with van der Waals surface area (Å²) in [5.74, 6) is 1.62. The van der Waals surface area contributed by atoms with E-state index < -0.39 is 5.91 Å². The van der Waals surface area contributed by atoms with Crippen molar-refractivity contribution in [2.24, 2.45) is 4.99 Å². The zero-order chi connectivity index (χ0) is 17.3. The van der Waals surface area contributed by atoms with E-state index >= 15 is 0 Å². The number of amides is 1. The summed E-state index contributed by atoms with van der Waals surface area (Å²) >= 11 is 0. The highest BCUT2D eigenvalue weighted by Crippen LogP contribution is 2.34. The van der Waals surface area contributed by atoms with Crippen LogP contribution in [-0.4, -0.2) is 17.4 Å². The lowest BCUT2D eigenvalue weighted by Gasteiger charge is -2.06. The molecule has 0 aromatic heterocycles. The van der Waals surface area contributed by atoms with Gasteiger partial charge in [0.15, 0.2) is 5.78 Å². The Hall–Kier alpha value is -2.93. The summed E-state index contributed by atoms with van der Waals surface area (Å²) in [6, 6.07) is 5.44. The second-order valence-electron chi connectivity index (χ2n) is 5.95. The fraction of sp³-hybridized carbons (Fsp3) is 0.250. The molecule has 24 heavy (non-hydrogen) atoms. The number of ketones is 1. The van der Waals surface area contributed by atoms with E-state index in [1.807, 2.05) is 31.1 Å². The molecule has 4 nitrogen and oxygen atoms in total. The zero-order valence-electron chi connectivity index (χ0n) is 13.8. The molecule has 0 spiro atoms. The Balaban J connectivity index is 1.95. The number of nitrogens with one attached hydrogen (secondary N) is 1. The Bertz CT molecular complexity index is 879. The lowest BCUT2D eigenvalue weighted by Crippen LogP contribution is -2.08. The average molecular weight is 318 g/mol. The van der Waals surface area contributed by atoms with E-state index in [2.05, 4.69) is 17.2 Å². The van der Waals surface area contributed by atoms with Gasteiger partial charge in [0.1, 0.15) is 0 Å². The fourth-order valence-corrected chi connectivity index (χ4v) is 3.03. The number of nitrogens with zero attached hydrogens (tertiary/aromatic N) is 1. The average Bonchev–Trinajstić information content (AvgIpc) is 3.08. The molecular weight excluding hydrogens is 300 g/mol. The topological polar surface area (TPSA) is 58.5 Å². The largest absolute Gasteiger partial charge is 0.315 e. The van der Waals surface area contributed by atoms with Gasteiger partial charge in [-0.3, -0.25) is 14.6 Å².